The van der Waals surface area contributed by atoms with Crippen LogP contribution in [0.3, 0.4) is 0 Å². The van der Waals surface area contributed by atoms with Crippen LogP contribution in [0.2, 0.25) is 0 Å². The molecule has 4 rings (SSSR count). The van der Waals surface area contributed by atoms with Crippen molar-refractivity contribution in [3.05, 3.63) is 59.8 Å². The Morgan fingerprint density at radius 1 is 1.07 bits per heavy atom. The summed E-state index contributed by atoms with van der Waals surface area (Å²) < 4.78 is 0. The van der Waals surface area contributed by atoms with E-state index in [1.165, 1.54) is 0 Å². The number of hydrogen-bond acceptors (Lipinski definition) is 6. The van der Waals surface area contributed by atoms with Gasteiger partial charge in [0.15, 0.2) is 5.82 Å². The second-order valence-corrected chi connectivity index (χ2v) is 6.20. The third-order valence-electron chi connectivity index (χ3n) is 4.28. The van der Waals surface area contributed by atoms with Gasteiger partial charge in [0.1, 0.15) is 5.52 Å². The lowest BCUT2D eigenvalue weighted by Crippen LogP contribution is -2.02. The number of pyridine rings is 1. The molecule has 0 bridgehead atoms. The number of hydrogen-bond donors (Lipinski definition) is 3. The summed E-state index contributed by atoms with van der Waals surface area (Å²) in [5, 5.41) is 17.1. The highest BCUT2D eigenvalue weighted by Gasteiger charge is 2.14. The molecule has 134 valence electrons. The first-order chi connectivity index (χ1) is 13.0. The Morgan fingerprint density at radius 2 is 1.93 bits per heavy atom. The van der Waals surface area contributed by atoms with Gasteiger partial charge in [0, 0.05) is 29.7 Å². The number of benzene rings is 2. The number of aryl methyl sites for hydroxylation is 1. The maximum absolute atomic E-state index is 11.3. The number of anilines is 3. The van der Waals surface area contributed by atoms with Gasteiger partial charge in [-0.1, -0.05) is 18.2 Å². The topological polar surface area (TPSA) is 100 Å². The SMILES string of the molecule is CNc1ncc2c(n1)c(Nc1cccc(C)c1)nc1cc(C(=O)O)ccc12. The summed E-state index contributed by atoms with van der Waals surface area (Å²) in [6, 6.07) is 12.8. The highest BCUT2D eigenvalue weighted by atomic mass is 16.4. The lowest BCUT2D eigenvalue weighted by Gasteiger charge is -2.12. The van der Waals surface area contributed by atoms with Crippen LogP contribution in [0.25, 0.3) is 21.8 Å². The number of nitrogens with one attached hydrogen (secondary N) is 2. The second-order valence-electron chi connectivity index (χ2n) is 6.20. The van der Waals surface area contributed by atoms with Crippen LogP contribution < -0.4 is 10.6 Å². The largest absolute Gasteiger partial charge is 0.478 e. The molecule has 2 aromatic carbocycles. The van der Waals surface area contributed by atoms with Gasteiger partial charge < -0.3 is 15.7 Å². The number of carboxylic acids is 1. The molecule has 0 amide bonds. The van der Waals surface area contributed by atoms with Crippen molar-refractivity contribution in [3.8, 4) is 0 Å². The summed E-state index contributed by atoms with van der Waals surface area (Å²) >= 11 is 0. The van der Waals surface area contributed by atoms with E-state index in [9.17, 15) is 9.90 Å². The Kier molecular flexibility index (Phi) is 4.04. The van der Waals surface area contributed by atoms with Crippen molar-refractivity contribution >= 4 is 45.2 Å². The summed E-state index contributed by atoms with van der Waals surface area (Å²) in [6.07, 6.45) is 1.72. The van der Waals surface area contributed by atoms with Crippen molar-refractivity contribution < 1.29 is 9.90 Å². The molecular weight excluding hydrogens is 342 g/mol. The van der Waals surface area contributed by atoms with Crippen LogP contribution in [0.4, 0.5) is 17.5 Å². The highest BCUT2D eigenvalue weighted by molar-refractivity contribution is 6.10. The predicted octanol–water partition coefficient (Wildman–Crippen LogP) is 3.97. The van der Waals surface area contributed by atoms with E-state index in [1.807, 2.05) is 31.2 Å². The van der Waals surface area contributed by atoms with Crippen LogP contribution in [0.5, 0.6) is 0 Å². The zero-order valence-electron chi connectivity index (χ0n) is 14.8. The van der Waals surface area contributed by atoms with Crippen LogP contribution in [0, 0.1) is 6.92 Å². The standard InChI is InChI=1S/C20H17N5O2/c1-11-4-3-5-13(8-11)23-18-17-15(10-22-20(21-2)25-17)14-7-6-12(19(26)27)9-16(14)24-18/h3-10H,1-2H3,(H,23,24)(H,26,27)(H,21,22,25). The maximum Gasteiger partial charge on any atom is 0.335 e. The minimum atomic E-state index is -0.992. The summed E-state index contributed by atoms with van der Waals surface area (Å²) in [4.78, 5) is 24.8. The Morgan fingerprint density at radius 3 is 2.67 bits per heavy atom. The Labute approximate surface area is 155 Å². The quantitative estimate of drug-likeness (QED) is 0.474. The van der Waals surface area contributed by atoms with Crippen molar-refractivity contribution in [2.45, 2.75) is 6.92 Å². The third kappa shape index (κ3) is 3.10. The van der Waals surface area contributed by atoms with Crippen LogP contribution in [0.1, 0.15) is 15.9 Å². The van der Waals surface area contributed by atoms with E-state index < -0.39 is 5.97 Å². The maximum atomic E-state index is 11.3. The van der Waals surface area contributed by atoms with Crippen LogP contribution >= 0.6 is 0 Å². The van der Waals surface area contributed by atoms with E-state index in [0.717, 1.165) is 22.0 Å². The molecule has 0 saturated heterocycles. The lowest BCUT2D eigenvalue weighted by molar-refractivity contribution is 0.0697. The third-order valence-corrected chi connectivity index (χ3v) is 4.28. The first-order valence-corrected chi connectivity index (χ1v) is 8.40. The molecule has 3 N–H and O–H groups in total. The number of aromatic nitrogens is 3. The van der Waals surface area contributed by atoms with E-state index in [0.29, 0.717) is 22.8 Å². The monoisotopic (exact) mass is 359 g/mol. The molecule has 2 aromatic heterocycles. The number of nitrogens with zero attached hydrogens (tertiary/aromatic N) is 3. The Bertz CT molecular complexity index is 1190. The normalized spacial score (nSPS) is 10.9. The van der Waals surface area contributed by atoms with E-state index in [2.05, 4.69) is 25.6 Å². The first-order valence-electron chi connectivity index (χ1n) is 8.40. The van der Waals surface area contributed by atoms with E-state index >= 15 is 0 Å². The smallest absolute Gasteiger partial charge is 0.335 e. The summed E-state index contributed by atoms with van der Waals surface area (Å²) in [5.74, 6) is 0.0383. The van der Waals surface area contributed by atoms with E-state index in [1.54, 1.807) is 31.4 Å². The summed E-state index contributed by atoms with van der Waals surface area (Å²) in [7, 11) is 1.75. The molecule has 27 heavy (non-hydrogen) atoms. The van der Waals surface area contributed by atoms with Gasteiger partial charge in [-0.25, -0.2) is 19.7 Å². The Hall–Kier alpha value is -3.74. The molecule has 0 aliphatic rings. The summed E-state index contributed by atoms with van der Waals surface area (Å²) in [6.45, 7) is 2.01. The van der Waals surface area contributed by atoms with Crippen molar-refractivity contribution in [1.29, 1.82) is 0 Å². The molecular formula is C20H17N5O2. The zero-order valence-corrected chi connectivity index (χ0v) is 14.8. The average molecular weight is 359 g/mol. The Balaban J connectivity index is 1.98. The van der Waals surface area contributed by atoms with Gasteiger partial charge in [-0.2, -0.15) is 0 Å². The molecule has 2 heterocycles. The van der Waals surface area contributed by atoms with Crippen molar-refractivity contribution in [3.63, 3.8) is 0 Å². The van der Waals surface area contributed by atoms with Crippen LogP contribution in [-0.4, -0.2) is 33.1 Å². The fourth-order valence-electron chi connectivity index (χ4n) is 2.98. The van der Waals surface area contributed by atoms with Crippen molar-refractivity contribution in [2.24, 2.45) is 0 Å². The molecule has 0 saturated carbocycles. The van der Waals surface area contributed by atoms with Crippen LogP contribution in [0.15, 0.2) is 48.7 Å². The van der Waals surface area contributed by atoms with Gasteiger partial charge in [-0.3, -0.25) is 0 Å². The lowest BCUT2D eigenvalue weighted by atomic mass is 10.1. The number of carboxylic acid groups (broad SMARTS) is 1. The number of fused-ring (bicyclic) bond motifs is 3. The van der Waals surface area contributed by atoms with E-state index in [4.69, 9.17) is 0 Å². The second kappa shape index (κ2) is 6.53. The molecule has 7 heteroatoms. The fourth-order valence-corrected chi connectivity index (χ4v) is 2.98. The molecule has 4 aromatic rings. The van der Waals surface area contributed by atoms with Gasteiger partial charge in [0.25, 0.3) is 0 Å². The minimum Gasteiger partial charge on any atom is -0.478 e. The van der Waals surface area contributed by atoms with E-state index in [-0.39, 0.29) is 5.56 Å². The number of carbonyl (C=O) groups is 1. The number of rotatable bonds is 4. The molecule has 0 aliphatic carbocycles. The van der Waals surface area contributed by atoms with Crippen LogP contribution in [-0.2, 0) is 0 Å². The number of aromatic carboxylic acids is 1. The van der Waals surface area contributed by atoms with Gasteiger partial charge in [-0.05, 0) is 36.8 Å². The zero-order chi connectivity index (χ0) is 19.0. The highest BCUT2D eigenvalue weighted by Crippen LogP contribution is 2.30. The minimum absolute atomic E-state index is 0.184. The molecule has 7 nitrogen and oxygen atoms in total. The molecule has 0 radical (unpaired) electrons. The molecule has 0 fully saturated rings. The fraction of sp³-hybridized carbons (Fsp3) is 0.100. The predicted molar refractivity (Wildman–Crippen MR) is 106 cm³/mol. The van der Waals surface area contributed by atoms with Gasteiger partial charge >= 0.3 is 5.97 Å². The summed E-state index contributed by atoms with van der Waals surface area (Å²) in [5.41, 5.74) is 3.40. The molecule has 0 unspecified atom stereocenters. The van der Waals surface area contributed by atoms with Crippen molar-refractivity contribution in [1.82, 2.24) is 15.0 Å². The van der Waals surface area contributed by atoms with Gasteiger partial charge in [0.2, 0.25) is 5.95 Å². The average Bonchev–Trinajstić information content (AvgIpc) is 2.67. The molecule has 0 spiro atoms. The first kappa shape index (κ1) is 16.7. The van der Waals surface area contributed by atoms with Gasteiger partial charge in [-0.15, -0.1) is 0 Å². The molecule has 0 aliphatic heterocycles. The van der Waals surface area contributed by atoms with Crippen molar-refractivity contribution in [2.75, 3.05) is 17.7 Å². The van der Waals surface area contributed by atoms with Gasteiger partial charge in [0.05, 0.1) is 11.1 Å². The molecule has 0 atom stereocenters.